The van der Waals surface area contributed by atoms with Crippen molar-refractivity contribution in [3.63, 3.8) is 0 Å². The lowest BCUT2D eigenvalue weighted by Crippen LogP contribution is -2.14. The minimum absolute atomic E-state index is 0.00597. The lowest BCUT2D eigenvalue weighted by Gasteiger charge is -2.14. The van der Waals surface area contributed by atoms with Gasteiger partial charge >= 0.3 is 0 Å². The van der Waals surface area contributed by atoms with E-state index in [1.807, 2.05) is 12.1 Å². The van der Waals surface area contributed by atoms with Crippen molar-refractivity contribution in [1.29, 1.82) is 0 Å². The minimum Gasteiger partial charge on any atom is -0.495 e. The molecule has 0 amide bonds. The summed E-state index contributed by atoms with van der Waals surface area (Å²) in [5.74, 6) is 0.712. The molecule has 0 atom stereocenters. The van der Waals surface area contributed by atoms with Gasteiger partial charge in [-0.2, -0.15) is 0 Å². The Labute approximate surface area is 151 Å². The molecule has 1 aliphatic carbocycles. The number of hydrogen-bond acceptors (Lipinski definition) is 3. The number of halogens is 2. The Morgan fingerprint density at radius 2 is 1.83 bits per heavy atom. The van der Waals surface area contributed by atoms with Gasteiger partial charge in [0.05, 0.1) is 12.8 Å². The van der Waals surface area contributed by atoms with Gasteiger partial charge in [-0.05, 0) is 67.1 Å². The predicted molar refractivity (Wildman–Crippen MR) is 97.0 cm³/mol. The predicted octanol–water partition coefficient (Wildman–Crippen LogP) is 4.99. The zero-order valence-corrected chi connectivity index (χ0v) is 15.6. The van der Waals surface area contributed by atoms with E-state index in [9.17, 15) is 8.42 Å². The highest BCUT2D eigenvalue weighted by Gasteiger charge is 2.26. The van der Waals surface area contributed by atoms with Crippen molar-refractivity contribution < 1.29 is 13.2 Å². The number of nitrogens with one attached hydrogen (secondary N) is 1. The molecule has 0 bridgehead atoms. The molecule has 0 heterocycles. The number of methoxy groups -OCH3 is 1. The molecule has 2 aromatic carbocycles. The van der Waals surface area contributed by atoms with Crippen LogP contribution in [-0.4, -0.2) is 15.5 Å². The average Bonchev–Trinajstić information content (AvgIpc) is 3.33. The molecule has 0 spiro atoms. The van der Waals surface area contributed by atoms with Crippen LogP contribution in [-0.2, 0) is 10.0 Å². The highest BCUT2D eigenvalue weighted by Crippen LogP contribution is 2.42. The first-order chi connectivity index (χ1) is 11.3. The molecule has 4 nitrogen and oxygen atoms in total. The zero-order chi connectivity index (χ0) is 17.5. The summed E-state index contributed by atoms with van der Waals surface area (Å²) in [4.78, 5) is -0.00597. The Bertz CT molecular complexity index is 893. The number of hydrogen-bond donors (Lipinski definition) is 1. The van der Waals surface area contributed by atoms with Crippen molar-refractivity contribution in [3.8, 4) is 5.75 Å². The van der Waals surface area contributed by atoms with Gasteiger partial charge in [-0.1, -0.05) is 23.2 Å². The normalized spacial score (nSPS) is 14.5. The number of rotatable bonds is 5. The van der Waals surface area contributed by atoms with Gasteiger partial charge in [-0.15, -0.1) is 0 Å². The molecule has 24 heavy (non-hydrogen) atoms. The Kier molecular flexibility index (Phi) is 4.69. The highest BCUT2D eigenvalue weighted by molar-refractivity contribution is 7.92. The number of anilines is 1. The van der Waals surface area contributed by atoms with E-state index in [1.165, 1.54) is 13.2 Å². The molecule has 7 heteroatoms. The van der Waals surface area contributed by atoms with Crippen LogP contribution in [0.25, 0.3) is 0 Å². The standard InChI is InChI=1S/C17H17Cl2NO3S/c1-10-5-16(23-2)17(9-15(10)19)24(21,22)20-14-7-12(11-3-4-11)6-13(18)8-14/h5-9,11,20H,3-4H2,1-2H3. The molecule has 1 fully saturated rings. The van der Waals surface area contributed by atoms with Crippen molar-refractivity contribution in [2.75, 3.05) is 11.8 Å². The summed E-state index contributed by atoms with van der Waals surface area (Å²) in [7, 11) is -2.43. The molecule has 1 saturated carbocycles. The summed E-state index contributed by atoms with van der Waals surface area (Å²) < 4.78 is 33.3. The van der Waals surface area contributed by atoms with Crippen LogP contribution in [0, 0.1) is 6.92 Å². The van der Waals surface area contributed by atoms with Crippen LogP contribution in [0.1, 0.15) is 29.9 Å². The molecule has 0 radical (unpaired) electrons. The fraction of sp³-hybridized carbons (Fsp3) is 0.294. The van der Waals surface area contributed by atoms with Crippen LogP contribution in [0.5, 0.6) is 5.75 Å². The highest BCUT2D eigenvalue weighted by atomic mass is 35.5. The molecule has 0 aliphatic heterocycles. The van der Waals surface area contributed by atoms with E-state index in [1.54, 1.807) is 19.1 Å². The Morgan fingerprint density at radius 3 is 2.46 bits per heavy atom. The van der Waals surface area contributed by atoms with Gasteiger partial charge in [0.2, 0.25) is 0 Å². The second-order valence-corrected chi connectivity index (χ2v) is 8.40. The first-order valence-corrected chi connectivity index (χ1v) is 9.71. The van der Waals surface area contributed by atoms with Crippen molar-refractivity contribution in [2.24, 2.45) is 0 Å². The molecular formula is C17H17Cl2NO3S. The Morgan fingerprint density at radius 1 is 1.12 bits per heavy atom. The van der Waals surface area contributed by atoms with Gasteiger partial charge in [0.1, 0.15) is 10.6 Å². The van der Waals surface area contributed by atoms with Crippen LogP contribution >= 0.6 is 23.2 Å². The lowest BCUT2D eigenvalue weighted by atomic mass is 10.1. The summed E-state index contributed by atoms with van der Waals surface area (Å²) in [6.45, 7) is 1.79. The first-order valence-electron chi connectivity index (χ1n) is 7.47. The maximum atomic E-state index is 12.8. The van der Waals surface area contributed by atoms with Crippen LogP contribution in [0.3, 0.4) is 0 Å². The van der Waals surface area contributed by atoms with Gasteiger partial charge in [0, 0.05) is 10.0 Å². The summed E-state index contributed by atoms with van der Waals surface area (Å²) >= 11 is 12.2. The van der Waals surface area contributed by atoms with Crippen molar-refractivity contribution >= 4 is 38.9 Å². The van der Waals surface area contributed by atoms with Crippen LogP contribution < -0.4 is 9.46 Å². The average molecular weight is 386 g/mol. The number of benzene rings is 2. The summed E-state index contributed by atoms with van der Waals surface area (Å²) in [6.07, 6.45) is 2.21. The second-order valence-electron chi connectivity index (χ2n) is 5.91. The quantitative estimate of drug-likeness (QED) is 0.788. The number of sulfonamides is 1. The van der Waals surface area contributed by atoms with Crippen LogP contribution in [0.4, 0.5) is 5.69 Å². The largest absolute Gasteiger partial charge is 0.495 e. The van der Waals surface area contributed by atoms with Crippen LogP contribution in [0.2, 0.25) is 10.0 Å². The van der Waals surface area contributed by atoms with Gasteiger partial charge < -0.3 is 4.74 Å². The summed E-state index contributed by atoms with van der Waals surface area (Å²) in [5, 5.41) is 0.868. The van der Waals surface area contributed by atoms with E-state index in [-0.39, 0.29) is 10.6 Å². The van der Waals surface area contributed by atoms with Crippen molar-refractivity contribution in [3.05, 3.63) is 51.5 Å². The van der Waals surface area contributed by atoms with Gasteiger partial charge in [-0.3, -0.25) is 4.72 Å². The van der Waals surface area contributed by atoms with E-state index in [2.05, 4.69) is 4.72 Å². The third-order valence-electron chi connectivity index (χ3n) is 3.96. The fourth-order valence-corrected chi connectivity index (χ4v) is 4.23. The maximum absolute atomic E-state index is 12.8. The molecule has 3 rings (SSSR count). The van der Waals surface area contributed by atoms with E-state index in [4.69, 9.17) is 27.9 Å². The molecule has 128 valence electrons. The molecule has 0 unspecified atom stereocenters. The molecule has 0 saturated heterocycles. The summed E-state index contributed by atoms with van der Waals surface area (Å²) in [5.41, 5.74) is 2.23. The maximum Gasteiger partial charge on any atom is 0.265 e. The van der Waals surface area contributed by atoms with Gasteiger partial charge in [0.25, 0.3) is 10.0 Å². The van der Waals surface area contributed by atoms with Crippen LogP contribution in [0.15, 0.2) is 35.2 Å². The Balaban J connectivity index is 1.99. The van der Waals surface area contributed by atoms with Gasteiger partial charge in [-0.25, -0.2) is 8.42 Å². The fourth-order valence-electron chi connectivity index (χ4n) is 2.54. The molecule has 1 N–H and O–H groups in total. The second kappa shape index (κ2) is 6.47. The topological polar surface area (TPSA) is 55.4 Å². The monoisotopic (exact) mass is 385 g/mol. The van der Waals surface area contributed by atoms with E-state index in [0.29, 0.717) is 21.7 Å². The molecule has 2 aromatic rings. The van der Waals surface area contributed by atoms with Crippen molar-refractivity contribution in [2.45, 2.75) is 30.6 Å². The van der Waals surface area contributed by atoms with E-state index in [0.717, 1.165) is 24.0 Å². The molecule has 0 aromatic heterocycles. The SMILES string of the molecule is COc1cc(C)c(Cl)cc1S(=O)(=O)Nc1cc(Cl)cc(C2CC2)c1. The summed E-state index contributed by atoms with van der Waals surface area (Å²) in [6, 6.07) is 8.28. The van der Waals surface area contributed by atoms with E-state index >= 15 is 0 Å². The van der Waals surface area contributed by atoms with Crippen molar-refractivity contribution in [1.82, 2.24) is 0 Å². The third-order valence-corrected chi connectivity index (χ3v) is 5.98. The first kappa shape index (κ1) is 17.4. The van der Waals surface area contributed by atoms with E-state index < -0.39 is 10.0 Å². The Hall–Kier alpha value is -1.43. The van der Waals surface area contributed by atoms with Gasteiger partial charge in [0.15, 0.2) is 0 Å². The molecule has 1 aliphatic rings. The number of ether oxygens (including phenoxy) is 1. The zero-order valence-electron chi connectivity index (χ0n) is 13.3. The number of aryl methyl sites for hydroxylation is 1. The third kappa shape index (κ3) is 3.63. The minimum atomic E-state index is -3.85. The lowest BCUT2D eigenvalue weighted by molar-refractivity contribution is 0.402. The molecular weight excluding hydrogens is 369 g/mol. The smallest absolute Gasteiger partial charge is 0.265 e.